The van der Waals surface area contributed by atoms with Crippen molar-refractivity contribution in [3.63, 3.8) is 0 Å². The van der Waals surface area contributed by atoms with Gasteiger partial charge in [0, 0.05) is 12.1 Å². The van der Waals surface area contributed by atoms with Gasteiger partial charge >= 0.3 is 5.97 Å². The molecular weight excluding hydrogens is 386 g/mol. The summed E-state index contributed by atoms with van der Waals surface area (Å²) in [6.45, 7) is 0. The van der Waals surface area contributed by atoms with E-state index in [2.05, 4.69) is 11.4 Å². The molecule has 0 saturated carbocycles. The Kier molecular flexibility index (Phi) is 8.41. The first-order chi connectivity index (χ1) is 15.1. The van der Waals surface area contributed by atoms with Gasteiger partial charge in [0.25, 0.3) is 0 Å². The van der Waals surface area contributed by atoms with Gasteiger partial charge in [0.15, 0.2) is 0 Å². The van der Waals surface area contributed by atoms with E-state index in [9.17, 15) is 14.7 Å². The molecule has 0 spiro atoms. The molecule has 0 aliphatic rings. The highest BCUT2D eigenvalue weighted by molar-refractivity contribution is 5.91. The quantitative estimate of drug-likeness (QED) is 0.383. The highest BCUT2D eigenvalue weighted by Crippen LogP contribution is 2.20. The fraction of sp³-hybridized carbons (Fsp3) is 0.259. The molecule has 3 aromatic rings. The minimum absolute atomic E-state index is 0.0292. The van der Waals surface area contributed by atoms with Crippen molar-refractivity contribution in [2.24, 2.45) is 0 Å². The smallest absolute Gasteiger partial charge is 0.335 e. The van der Waals surface area contributed by atoms with Crippen molar-refractivity contribution < 1.29 is 14.7 Å². The van der Waals surface area contributed by atoms with Crippen LogP contribution < -0.4 is 5.32 Å². The molecule has 2 N–H and O–H groups in total. The van der Waals surface area contributed by atoms with E-state index in [0.29, 0.717) is 12.0 Å². The normalized spacial score (nSPS) is 10.6. The van der Waals surface area contributed by atoms with Crippen LogP contribution in [0.4, 0.5) is 5.69 Å². The molecular formula is C27H29NO3. The van der Waals surface area contributed by atoms with Gasteiger partial charge in [0.1, 0.15) is 0 Å². The highest BCUT2D eigenvalue weighted by Gasteiger charge is 2.09. The minimum Gasteiger partial charge on any atom is -0.478 e. The number of nitrogens with one attached hydrogen (secondary N) is 1. The second kappa shape index (κ2) is 11.7. The number of carboxylic acid groups (broad SMARTS) is 1. The summed E-state index contributed by atoms with van der Waals surface area (Å²) in [6, 6.07) is 25.2. The lowest BCUT2D eigenvalue weighted by molar-refractivity contribution is -0.116. The van der Waals surface area contributed by atoms with Crippen LogP contribution in [-0.2, 0) is 24.1 Å². The van der Waals surface area contributed by atoms with Gasteiger partial charge in [-0.2, -0.15) is 0 Å². The average molecular weight is 416 g/mol. The molecule has 0 heterocycles. The summed E-state index contributed by atoms with van der Waals surface area (Å²) < 4.78 is 0. The predicted molar refractivity (Wildman–Crippen MR) is 124 cm³/mol. The maximum atomic E-state index is 12.4. The van der Waals surface area contributed by atoms with Crippen LogP contribution in [0.3, 0.4) is 0 Å². The van der Waals surface area contributed by atoms with E-state index in [4.69, 9.17) is 0 Å². The van der Waals surface area contributed by atoms with Crippen LogP contribution in [0.15, 0.2) is 78.9 Å². The van der Waals surface area contributed by atoms with E-state index in [1.165, 1.54) is 0 Å². The number of aryl methyl sites for hydroxylation is 3. The van der Waals surface area contributed by atoms with E-state index in [1.807, 2.05) is 60.7 Å². The highest BCUT2D eigenvalue weighted by atomic mass is 16.4. The molecule has 0 aliphatic carbocycles. The number of hydrogen-bond acceptors (Lipinski definition) is 2. The summed E-state index contributed by atoms with van der Waals surface area (Å²) in [5, 5.41) is 12.4. The van der Waals surface area contributed by atoms with Crippen LogP contribution in [0.25, 0.3) is 0 Å². The van der Waals surface area contributed by atoms with Crippen molar-refractivity contribution in [3.05, 3.63) is 101 Å². The van der Waals surface area contributed by atoms with Crippen LogP contribution in [-0.4, -0.2) is 17.0 Å². The molecule has 0 fully saturated rings. The average Bonchev–Trinajstić information content (AvgIpc) is 2.79. The van der Waals surface area contributed by atoms with Crippen molar-refractivity contribution in [1.82, 2.24) is 0 Å². The molecule has 0 aromatic heterocycles. The minimum atomic E-state index is -0.868. The van der Waals surface area contributed by atoms with Crippen LogP contribution in [0.2, 0.25) is 0 Å². The molecule has 0 unspecified atom stereocenters. The van der Waals surface area contributed by atoms with E-state index in [0.717, 1.165) is 60.9 Å². The Balaban J connectivity index is 1.45. The molecule has 0 atom stereocenters. The first-order valence-corrected chi connectivity index (χ1v) is 10.9. The second-order valence-corrected chi connectivity index (χ2v) is 7.71. The second-order valence-electron chi connectivity index (χ2n) is 7.71. The van der Waals surface area contributed by atoms with Gasteiger partial charge in [0.2, 0.25) is 5.91 Å². The third-order valence-electron chi connectivity index (χ3n) is 5.42. The van der Waals surface area contributed by atoms with Crippen molar-refractivity contribution in [2.45, 2.75) is 44.9 Å². The number of carbonyl (C=O) groups excluding carboxylic acids is 1. The maximum Gasteiger partial charge on any atom is 0.335 e. The molecule has 0 radical (unpaired) electrons. The molecule has 160 valence electrons. The van der Waals surface area contributed by atoms with Crippen LogP contribution in [0.5, 0.6) is 0 Å². The van der Waals surface area contributed by atoms with Gasteiger partial charge in [-0.1, -0.05) is 73.2 Å². The molecule has 4 nitrogen and oxygen atoms in total. The molecule has 3 rings (SSSR count). The summed E-state index contributed by atoms with van der Waals surface area (Å²) in [6.07, 6.45) is 5.77. The Morgan fingerprint density at radius 1 is 0.677 bits per heavy atom. The zero-order chi connectivity index (χ0) is 21.9. The summed E-state index contributed by atoms with van der Waals surface area (Å²) in [4.78, 5) is 23.7. The molecule has 1 amide bonds. The number of amides is 1. The maximum absolute atomic E-state index is 12.4. The lowest BCUT2D eigenvalue weighted by Gasteiger charge is -2.11. The zero-order valence-corrected chi connectivity index (χ0v) is 17.7. The summed E-state index contributed by atoms with van der Waals surface area (Å²) in [5.74, 6) is -0.839. The van der Waals surface area contributed by atoms with E-state index in [1.54, 1.807) is 12.1 Å². The Morgan fingerprint density at radius 2 is 1.29 bits per heavy atom. The number of aromatic carboxylic acids is 1. The van der Waals surface area contributed by atoms with Crippen LogP contribution >= 0.6 is 0 Å². The fourth-order valence-corrected chi connectivity index (χ4v) is 3.73. The number of anilines is 1. The number of carboxylic acids is 1. The SMILES string of the molecule is O=C(CCc1ccccc1)Nc1ccccc1CCCCCc1ccccc1C(=O)O. The van der Waals surface area contributed by atoms with Gasteiger partial charge in [-0.15, -0.1) is 0 Å². The van der Waals surface area contributed by atoms with Crippen LogP contribution in [0.1, 0.15) is 52.7 Å². The van der Waals surface area contributed by atoms with Crippen molar-refractivity contribution in [1.29, 1.82) is 0 Å². The van der Waals surface area contributed by atoms with Crippen molar-refractivity contribution in [3.8, 4) is 0 Å². The standard InChI is InChI=1S/C27H29NO3/c29-26(20-19-21-11-3-1-4-12-21)28-25-18-10-8-16-23(25)15-6-2-5-13-22-14-7-9-17-24(22)27(30)31/h1,3-4,7-12,14,16-18H,2,5-6,13,15,19-20H2,(H,28,29)(H,30,31). The first-order valence-electron chi connectivity index (χ1n) is 10.9. The van der Waals surface area contributed by atoms with Gasteiger partial charge < -0.3 is 10.4 Å². The molecule has 0 saturated heterocycles. The lowest BCUT2D eigenvalue weighted by Crippen LogP contribution is -2.13. The lowest BCUT2D eigenvalue weighted by atomic mass is 9.99. The summed E-state index contributed by atoms with van der Waals surface area (Å²) in [5.41, 5.74) is 4.47. The summed E-state index contributed by atoms with van der Waals surface area (Å²) >= 11 is 0. The van der Waals surface area contributed by atoms with Gasteiger partial charge in [-0.25, -0.2) is 4.79 Å². The number of hydrogen-bond donors (Lipinski definition) is 2. The molecule has 31 heavy (non-hydrogen) atoms. The Morgan fingerprint density at radius 3 is 2.03 bits per heavy atom. The Bertz CT molecular complexity index is 998. The van der Waals surface area contributed by atoms with E-state index < -0.39 is 5.97 Å². The van der Waals surface area contributed by atoms with Crippen LogP contribution in [0, 0.1) is 0 Å². The number of rotatable bonds is 11. The topological polar surface area (TPSA) is 66.4 Å². The number of para-hydroxylation sites is 1. The fourth-order valence-electron chi connectivity index (χ4n) is 3.73. The number of benzene rings is 3. The van der Waals surface area contributed by atoms with Gasteiger partial charge in [-0.3, -0.25) is 4.79 Å². The van der Waals surface area contributed by atoms with Crippen molar-refractivity contribution >= 4 is 17.6 Å². The molecule has 4 heteroatoms. The zero-order valence-electron chi connectivity index (χ0n) is 17.7. The van der Waals surface area contributed by atoms with E-state index in [-0.39, 0.29) is 5.91 Å². The number of unbranched alkanes of at least 4 members (excludes halogenated alkanes) is 2. The molecule has 3 aromatic carbocycles. The summed E-state index contributed by atoms with van der Waals surface area (Å²) in [7, 11) is 0. The van der Waals surface area contributed by atoms with E-state index >= 15 is 0 Å². The first kappa shape index (κ1) is 22.3. The molecule has 0 bridgehead atoms. The largest absolute Gasteiger partial charge is 0.478 e. The van der Waals surface area contributed by atoms with Gasteiger partial charge in [0.05, 0.1) is 5.56 Å². The monoisotopic (exact) mass is 415 g/mol. The Labute approximate surface area is 183 Å². The third kappa shape index (κ3) is 7.10. The third-order valence-corrected chi connectivity index (χ3v) is 5.42. The number of carbonyl (C=O) groups is 2. The predicted octanol–water partition coefficient (Wildman–Crippen LogP) is 5.91. The molecule has 0 aliphatic heterocycles. The van der Waals surface area contributed by atoms with Gasteiger partial charge in [-0.05, 0) is 60.9 Å². The van der Waals surface area contributed by atoms with Crippen molar-refractivity contribution in [2.75, 3.05) is 5.32 Å². The Hall–Kier alpha value is -3.40.